The molecule has 0 spiro atoms. The fourth-order valence-corrected chi connectivity index (χ4v) is 2.02. The van der Waals surface area contributed by atoms with Gasteiger partial charge in [-0.2, -0.15) is 0 Å². The van der Waals surface area contributed by atoms with Crippen LogP contribution in [-0.2, 0) is 16.1 Å². The highest BCUT2D eigenvalue weighted by Gasteiger charge is 2.06. The minimum Gasteiger partial charge on any atom is -0.458 e. The Morgan fingerprint density at radius 1 is 1.20 bits per heavy atom. The highest BCUT2D eigenvalue weighted by molar-refractivity contribution is 5.81. The van der Waals surface area contributed by atoms with Gasteiger partial charge in [0, 0.05) is 19.3 Å². The lowest BCUT2D eigenvalue weighted by Crippen LogP contribution is -1.99. The molecule has 1 aromatic carbocycles. The zero-order chi connectivity index (χ0) is 13.9. The number of nitrogens with zero attached hydrogens (tertiary/aromatic N) is 2. The number of imidazole rings is 1. The van der Waals surface area contributed by atoms with Crippen LogP contribution in [0.5, 0.6) is 0 Å². The number of carbonyl (C=O) groups is 1. The first-order chi connectivity index (χ1) is 9.72. The largest absolute Gasteiger partial charge is 0.458 e. The average Bonchev–Trinajstić information content (AvgIpc) is 2.88. The number of hydrogen-bond donors (Lipinski definition) is 1. The summed E-state index contributed by atoms with van der Waals surface area (Å²) in [5.41, 5.74) is 3.95. The smallest absolute Gasteiger partial charge is 0.303 e. The van der Waals surface area contributed by atoms with Crippen LogP contribution in [0.1, 0.15) is 12.7 Å². The molecule has 0 unspecified atom stereocenters. The summed E-state index contributed by atoms with van der Waals surface area (Å²) < 4.78 is 4.93. The van der Waals surface area contributed by atoms with E-state index in [1.807, 2.05) is 30.3 Å². The second-order valence-electron chi connectivity index (χ2n) is 4.43. The van der Waals surface area contributed by atoms with Gasteiger partial charge < -0.3 is 9.72 Å². The molecule has 5 heteroatoms. The molecule has 0 fully saturated rings. The van der Waals surface area contributed by atoms with E-state index in [-0.39, 0.29) is 12.6 Å². The Bertz CT molecular complexity index is 750. The fraction of sp³-hybridized carbons (Fsp3) is 0.133. The minimum atomic E-state index is -0.317. The SMILES string of the molecule is CC(=O)OCc1nc2ccc(-c3ccncc3)cc2[nH]1. The molecule has 0 aliphatic carbocycles. The van der Waals surface area contributed by atoms with E-state index in [1.165, 1.54) is 6.92 Å². The van der Waals surface area contributed by atoms with Crippen molar-refractivity contribution in [3.8, 4) is 11.1 Å². The molecule has 0 aliphatic rings. The number of rotatable bonds is 3. The molecule has 0 aliphatic heterocycles. The predicted octanol–water partition coefficient (Wildman–Crippen LogP) is 2.69. The van der Waals surface area contributed by atoms with Gasteiger partial charge in [0.1, 0.15) is 12.4 Å². The molecule has 0 saturated heterocycles. The van der Waals surface area contributed by atoms with Crippen LogP contribution in [0.25, 0.3) is 22.2 Å². The number of carbonyl (C=O) groups excluding carboxylic acids is 1. The number of pyridine rings is 1. The van der Waals surface area contributed by atoms with Gasteiger partial charge in [0.15, 0.2) is 0 Å². The third-order valence-electron chi connectivity index (χ3n) is 2.96. The Hall–Kier alpha value is -2.69. The predicted molar refractivity (Wildman–Crippen MR) is 74.8 cm³/mol. The summed E-state index contributed by atoms with van der Waals surface area (Å²) in [6, 6.07) is 9.89. The lowest BCUT2D eigenvalue weighted by atomic mass is 10.1. The Labute approximate surface area is 115 Å². The highest BCUT2D eigenvalue weighted by atomic mass is 16.5. The summed E-state index contributed by atoms with van der Waals surface area (Å²) in [6.07, 6.45) is 3.53. The van der Waals surface area contributed by atoms with Crippen LogP contribution in [0, 0.1) is 0 Å². The standard InChI is InChI=1S/C15H13N3O2/c1-10(19)20-9-15-17-13-3-2-12(8-14(13)18-15)11-4-6-16-7-5-11/h2-8H,9H2,1H3,(H,17,18). The maximum Gasteiger partial charge on any atom is 0.303 e. The van der Waals surface area contributed by atoms with Gasteiger partial charge in [-0.25, -0.2) is 4.98 Å². The van der Waals surface area contributed by atoms with E-state index in [4.69, 9.17) is 4.74 Å². The summed E-state index contributed by atoms with van der Waals surface area (Å²) in [4.78, 5) is 22.3. The Balaban J connectivity index is 1.93. The first kappa shape index (κ1) is 12.3. The highest BCUT2D eigenvalue weighted by Crippen LogP contribution is 2.22. The number of fused-ring (bicyclic) bond motifs is 1. The van der Waals surface area contributed by atoms with Gasteiger partial charge in [0.05, 0.1) is 11.0 Å². The van der Waals surface area contributed by atoms with Gasteiger partial charge in [-0.15, -0.1) is 0 Å². The molecule has 5 nitrogen and oxygen atoms in total. The van der Waals surface area contributed by atoms with Crippen molar-refractivity contribution in [2.45, 2.75) is 13.5 Å². The van der Waals surface area contributed by atoms with Crippen molar-refractivity contribution in [2.24, 2.45) is 0 Å². The van der Waals surface area contributed by atoms with Gasteiger partial charge in [-0.3, -0.25) is 9.78 Å². The van der Waals surface area contributed by atoms with E-state index in [1.54, 1.807) is 12.4 Å². The van der Waals surface area contributed by atoms with Crippen molar-refractivity contribution < 1.29 is 9.53 Å². The van der Waals surface area contributed by atoms with Crippen LogP contribution in [-0.4, -0.2) is 20.9 Å². The molecule has 3 aromatic rings. The van der Waals surface area contributed by atoms with Crippen molar-refractivity contribution in [1.29, 1.82) is 0 Å². The quantitative estimate of drug-likeness (QED) is 0.741. The molecule has 1 N–H and O–H groups in total. The number of benzene rings is 1. The minimum absolute atomic E-state index is 0.161. The van der Waals surface area contributed by atoms with E-state index >= 15 is 0 Å². The Morgan fingerprint density at radius 2 is 2.00 bits per heavy atom. The van der Waals surface area contributed by atoms with E-state index in [2.05, 4.69) is 15.0 Å². The van der Waals surface area contributed by atoms with Crippen molar-refractivity contribution in [1.82, 2.24) is 15.0 Å². The molecule has 100 valence electrons. The monoisotopic (exact) mass is 267 g/mol. The number of aromatic nitrogens is 3. The molecule has 0 saturated carbocycles. The first-order valence-corrected chi connectivity index (χ1v) is 6.25. The van der Waals surface area contributed by atoms with Crippen LogP contribution in [0.3, 0.4) is 0 Å². The van der Waals surface area contributed by atoms with E-state index in [0.29, 0.717) is 5.82 Å². The molecular formula is C15H13N3O2. The van der Waals surface area contributed by atoms with Crippen LogP contribution in [0.15, 0.2) is 42.7 Å². The average molecular weight is 267 g/mol. The molecule has 20 heavy (non-hydrogen) atoms. The van der Waals surface area contributed by atoms with Crippen molar-refractivity contribution in [3.63, 3.8) is 0 Å². The summed E-state index contributed by atoms with van der Waals surface area (Å²) in [5, 5.41) is 0. The molecule has 2 aromatic heterocycles. The van der Waals surface area contributed by atoms with Crippen molar-refractivity contribution in [3.05, 3.63) is 48.5 Å². The molecule has 2 heterocycles. The van der Waals surface area contributed by atoms with Crippen LogP contribution in [0.4, 0.5) is 0 Å². The summed E-state index contributed by atoms with van der Waals surface area (Å²) >= 11 is 0. The number of nitrogens with one attached hydrogen (secondary N) is 1. The van der Waals surface area contributed by atoms with Crippen molar-refractivity contribution in [2.75, 3.05) is 0 Å². The van der Waals surface area contributed by atoms with Gasteiger partial charge in [-0.1, -0.05) is 6.07 Å². The second kappa shape index (κ2) is 5.13. The number of hydrogen-bond acceptors (Lipinski definition) is 4. The van der Waals surface area contributed by atoms with Crippen LogP contribution >= 0.6 is 0 Å². The van der Waals surface area contributed by atoms with Gasteiger partial charge in [-0.05, 0) is 35.4 Å². The number of ether oxygens (including phenoxy) is 1. The van der Waals surface area contributed by atoms with E-state index in [9.17, 15) is 4.79 Å². The van der Waals surface area contributed by atoms with Gasteiger partial charge in [0.25, 0.3) is 0 Å². The summed E-state index contributed by atoms with van der Waals surface area (Å²) in [6.45, 7) is 1.54. The molecular weight excluding hydrogens is 254 g/mol. The zero-order valence-electron chi connectivity index (χ0n) is 11.0. The summed E-state index contributed by atoms with van der Waals surface area (Å²) in [7, 11) is 0. The zero-order valence-corrected chi connectivity index (χ0v) is 11.0. The fourth-order valence-electron chi connectivity index (χ4n) is 2.02. The summed E-state index contributed by atoms with van der Waals surface area (Å²) in [5.74, 6) is 0.324. The van der Waals surface area contributed by atoms with Gasteiger partial charge in [0.2, 0.25) is 0 Å². The Kier molecular flexibility index (Phi) is 3.16. The number of esters is 1. The lowest BCUT2D eigenvalue weighted by Gasteiger charge is -2.00. The molecule has 3 rings (SSSR count). The molecule has 0 bridgehead atoms. The first-order valence-electron chi connectivity index (χ1n) is 6.25. The normalized spacial score (nSPS) is 10.7. The van der Waals surface area contributed by atoms with Crippen molar-refractivity contribution >= 4 is 17.0 Å². The van der Waals surface area contributed by atoms with E-state index in [0.717, 1.165) is 22.2 Å². The van der Waals surface area contributed by atoms with Crippen LogP contribution in [0.2, 0.25) is 0 Å². The molecule has 0 radical (unpaired) electrons. The molecule has 0 atom stereocenters. The molecule has 0 amide bonds. The second-order valence-corrected chi connectivity index (χ2v) is 4.43. The number of aromatic amines is 1. The third-order valence-corrected chi connectivity index (χ3v) is 2.96. The number of H-pyrrole nitrogens is 1. The lowest BCUT2D eigenvalue weighted by molar-refractivity contribution is -0.142. The van der Waals surface area contributed by atoms with E-state index < -0.39 is 0 Å². The maximum atomic E-state index is 10.8. The third kappa shape index (κ3) is 2.51. The van der Waals surface area contributed by atoms with Crippen LogP contribution < -0.4 is 0 Å². The topological polar surface area (TPSA) is 67.9 Å². The maximum absolute atomic E-state index is 10.8. The van der Waals surface area contributed by atoms with Gasteiger partial charge >= 0.3 is 5.97 Å². The Morgan fingerprint density at radius 3 is 2.75 bits per heavy atom.